The monoisotopic (exact) mass is 499 g/mol. The molecule has 8 heteroatoms. The number of methoxy groups -OCH3 is 1. The third-order valence-electron chi connectivity index (χ3n) is 7.21. The molecule has 0 radical (unpaired) electrons. The number of halogens is 2. The Morgan fingerprint density at radius 1 is 1.26 bits per heavy atom. The van der Waals surface area contributed by atoms with E-state index in [0.717, 1.165) is 19.4 Å². The SMILES string of the molecule is COc1ccc2ncc(Cl)c(C(F)CCC3(C(=O)O)CCN(CCCc4ccncc4)CC3)c2c1. The van der Waals surface area contributed by atoms with Gasteiger partial charge in [-0.1, -0.05) is 11.6 Å². The standard InChI is InChI=1S/C27H31ClFN3O3/c1-35-20-4-5-24-21(17-20)25(22(28)18-31-24)23(29)6-9-27(26(33)34)10-15-32(16-11-27)14-2-3-19-7-12-30-13-8-19/h4-5,7-8,12-13,17-18,23H,2-3,6,9-11,14-16H2,1H3,(H,33,34). The number of ether oxygens (including phenoxy) is 1. The van der Waals surface area contributed by atoms with Crippen molar-refractivity contribution in [2.45, 2.75) is 44.7 Å². The third-order valence-corrected chi connectivity index (χ3v) is 7.51. The van der Waals surface area contributed by atoms with E-state index in [1.54, 1.807) is 37.7 Å². The first-order chi connectivity index (χ1) is 16.9. The van der Waals surface area contributed by atoms with Crippen LogP contribution < -0.4 is 4.74 Å². The molecule has 186 valence electrons. The number of carboxylic acids is 1. The summed E-state index contributed by atoms with van der Waals surface area (Å²) in [5, 5.41) is 10.9. The molecule has 1 unspecified atom stereocenters. The van der Waals surface area contributed by atoms with Gasteiger partial charge in [0.1, 0.15) is 11.9 Å². The van der Waals surface area contributed by atoms with Crippen LogP contribution in [0.2, 0.25) is 5.02 Å². The van der Waals surface area contributed by atoms with E-state index in [-0.39, 0.29) is 17.9 Å². The Kier molecular flexibility index (Phi) is 8.19. The number of fused-ring (bicyclic) bond motifs is 1. The van der Waals surface area contributed by atoms with Crippen LogP contribution in [-0.2, 0) is 11.2 Å². The van der Waals surface area contributed by atoms with Crippen molar-refractivity contribution in [2.24, 2.45) is 5.41 Å². The summed E-state index contributed by atoms with van der Waals surface area (Å²) < 4.78 is 20.9. The molecular formula is C27H31ClFN3O3. The summed E-state index contributed by atoms with van der Waals surface area (Å²) >= 11 is 6.35. The van der Waals surface area contributed by atoms with Crippen molar-refractivity contribution in [3.05, 3.63) is 65.1 Å². The van der Waals surface area contributed by atoms with Crippen LogP contribution in [0.4, 0.5) is 4.39 Å². The topological polar surface area (TPSA) is 75.6 Å². The number of carbonyl (C=O) groups is 1. The van der Waals surface area contributed by atoms with Gasteiger partial charge in [-0.3, -0.25) is 14.8 Å². The van der Waals surface area contributed by atoms with Gasteiger partial charge in [-0.25, -0.2) is 4.39 Å². The number of pyridine rings is 2. The number of piperidine rings is 1. The third kappa shape index (κ3) is 5.90. The number of hydrogen-bond donors (Lipinski definition) is 1. The summed E-state index contributed by atoms with van der Waals surface area (Å²) in [6, 6.07) is 9.31. The molecule has 0 aliphatic carbocycles. The van der Waals surface area contributed by atoms with E-state index in [1.807, 2.05) is 12.1 Å². The van der Waals surface area contributed by atoms with Crippen LogP contribution in [0, 0.1) is 5.41 Å². The maximum atomic E-state index is 15.6. The minimum Gasteiger partial charge on any atom is -0.497 e. The molecule has 0 spiro atoms. The lowest BCUT2D eigenvalue weighted by atomic mass is 9.74. The highest BCUT2D eigenvalue weighted by molar-refractivity contribution is 6.32. The van der Waals surface area contributed by atoms with Crippen LogP contribution in [0.25, 0.3) is 10.9 Å². The molecule has 1 atom stereocenters. The first-order valence-electron chi connectivity index (χ1n) is 12.0. The van der Waals surface area contributed by atoms with Gasteiger partial charge in [-0.05, 0) is 94.1 Å². The largest absolute Gasteiger partial charge is 0.497 e. The Labute approximate surface area is 210 Å². The lowest BCUT2D eigenvalue weighted by Gasteiger charge is -2.39. The van der Waals surface area contributed by atoms with Crippen LogP contribution >= 0.6 is 11.6 Å². The first-order valence-corrected chi connectivity index (χ1v) is 12.4. The van der Waals surface area contributed by atoms with Gasteiger partial charge in [0, 0.05) is 29.5 Å². The molecule has 6 nitrogen and oxygen atoms in total. The molecule has 0 bridgehead atoms. The molecule has 1 aliphatic heterocycles. The van der Waals surface area contributed by atoms with Crippen molar-refractivity contribution in [1.82, 2.24) is 14.9 Å². The molecular weight excluding hydrogens is 469 g/mol. The maximum absolute atomic E-state index is 15.6. The van der Waals surface area contributed by atoms with Crippen molar-refractivity contribution in [2.75, 3.05) is 26.7 Å². The van der Waals surface area contributed by atoms with Crippen LogP contribution in [-0.4, -0.2) is 52.7 Å². The fourth-order valence-corrected chi connectivity index (χ4v) is 5.26. The van der Waals surface area contributed by atoms with Crippen LogP contribution in [0.5, 0.6) is 5.75 Å². The van der Waals surface area contributed by atoms with E-state index in [9.17, 15) is 9.90 Å². The summed E-state index contributed by atoms with van der Waals surface area (Å²) in [4.78, 5) is 22.9. The van der Waals surface area contributed by atoms with Crippen LogP contribution in [0.3, 0.4) is 0 Å². The van der Waals surface area contributed by atoms with Gasteiger partial charge in [-0.2, -0.15) is 0 Å². The van der Waals surface area contributed by atoms with Gasteiger partial charge in [0.15, 0.2) is 0 Å². The van der Waals surface area contributed by atoms with E-state index in [2.05, 4.69) is 14.9 Å². The highest BCUT2D eigenvalue weighted by Crippen LogP contribution is 2.42. The highest BCUT2D eigenvalue weighted by Gasteiger charge is 2.41. The van der Waals surface area contributed by atoms with E-state index in [1.165, 1.54) is 11.8 Å². The number of aromatic nitrogens is 2. The minimum atomic E-state index is -1.39. The number of likely N-dealkylation sites (tertiary alicyclic amines) is 1. The molecule has 1 saturated heterocycles. The van der Waals surface area contributed by atoms with Crippen molar-refractivity contribution in [3.8, 4) is 5.75 Å². The molecule has 2 aromatic heterocycles. The number of rotatable bonds is 10. The van der Waals surface area contributed by atoms with Crippen molar-refractivity contribution in [1.29, 1.82) is 0 Å². The molecule has 4 rings (SSSR count). The number of carboxylic acid groups (broad SMARTS) is 1. The summed E-state index contributed by atoms with van der Waals surface area (Å²) in [7, 11) is 1.55. The lowest BCUT2D eigenvalue weighted by Crippen LogP contribution is -2.44. The first kappa shape index (κ1) is 25.3. The van der Waals surface area contributed by atoms with E-state index in [0.29, 0.717) is 48.1 Å². The van der Waals surface area contributed by atoms with Crippen molar-refractivity contribution in [3.63, 3.8) is 0 Å². The Morgan fingerprint density at radius 3 is 2.69 bits per heavy atom. The van der Waals surface area contributed by atoms with Gasteiger partial charge >= 0.3 is 5.97 Å². The summed E-state index contributed by atoms with van der Waals surface area (Å²) in [5.41, 5.74) is 1.31. The van der Waals surface area contributed by atoms with E-state index >= 15 is 4.39 Å². The fourth-order valence-electron chi connectivity index (χ4n) is 4.99. The number of benzene rings is 1. The van der Waals surface area contributed by atoms with Gasteiger partial charge in [0.2, 0.25) is 0 Å². The number of hydrogen-bond acceptors (Lipinski definition) is 5. The van der Waals surface area contributed by atoms with Gasteiger partial charge in [0.05, 0.1) is 23.1 Å². The number of nitrogens with zero attached hydrogens (tertiary/aromatic N) is 3. The number of alkyl halides is 1. The van der Waals surface area contributed by atoms with Gasteiger partial charge < -0.3 is 14.7 Å². The van der Waals surface area contributed by atoms with Crippen LogP contribution in [0.1, 0.15) is 49.4 Å². The second-order valence-electron chi connectivity index (χ2n) is 9.30. The van der Waals surface area contributed by atoms with E-state index < -0.39 is 17.6 Å². The Bertz CT molecular complexity index is 1150. The molecule has 1 aliphatic rings. The smallest absolute Gasteiger partial charge is 0.309 e. The lowest BCUT2D eigenvalue weighted by molar-refractivity contribution is -0.153. The van der Waals surface area contributed by atoms with Crippen molar-refractivity contribution < 1.29 is 19.0 Å². The van der Waals surface area contributed by atoms with E-state index in [4.69, 9.17) is 16.3 Å². The zero-order valence-electron chi connectivity index (χ0n) is 19.9. The highest BCUT2D eigenvalue weighted by atomic mass is 35.5. The normalized spacial score (nSPS) is 16.8. The number of aliphatic carboxylic acids is 1. The average molecular weight is 500 g/mol. The molecule has 0 saturated carbocycles. The summed E-state index contributed by atoms with van der Waals surface area (Å²) in [5.74, 6) is -0.248. The summed E-state index contributed by atoms with van der Waals surface area (Å²) in [6.07, 6.45) is 7.02. The zero-order valence-corrected chi connectivity index (χ0v) is 20.7. The second kappa shape index (κ2) is 11.3. The summed E-state index contributed by atoms with van der Waals surface area (Å²) in [6.45, 7) is 2.33. The fraction of sp³-hybridized carbons (Fsp3) is 0.444. The molecule has 1 aromatic carbocycles. The molecule has 1 fully saturated rings. The van der Waals surface area contributed by atoms with Crippen molar-refractivity contribution >= 4 is 28.5 Å². The Morgan fingerprint density at radius 2 is 2.00 bits per heavy atom. The molecule has 1 N–H and O–H groups in total. The Balaban J connectivity index is 1.38. The van der Waals surface area contributed by atoms with Gasteiger partial charge in [-0.15, -0.1) is 0 Å². The quantitative estimate of drug-likeness (QED) is 0.375. The predicted octanol–water partition coefficient (Wildman–Crippen LogP) is 5.88. The average Bonchev–Trinajstić information content (AvgIpc) is 2.88. The predicted molar refractivity (Wildman–Crippen MR) is 135 cm³/mol. The second-order valence-corrected chi connectivity index (χ2v) is 9.70. The minimum absolute atomic E-state index is 0.0877. The Hall–Kier alpha value is -2.77. The van der Waals surface area contributed by atoms with Gasteiger partial charge in [0.25, 0.3) is 0 Å². The molecule has 3 heterocycles. The molecule has 3 aromatic rings. The zero-order chi connectivity index (χ0) is 24.8. The molecule has 0 amide bonds. The molecule has 35 heavy (non-hydrogen) atoms. The van der Waals surface area contributed by atoms with Crippen LogP contribution in [0.15, 0.2) is 48.9 Å². The number of aryl methyl sites for hydroxylation is 1. The maximum Gasteiger partial charge on any atom is 0.309 e.